The van der Waals surface area contributed by atoms with E-state index in [9.17, 15) is 4.79 Å². The highest BCUT2D eigenvalue weighted by molar-refractivity contribution is 5.96. The molecule has 1 atom stereocenters. The summed E-state index contributed by atoms with van der Waals surface area (Å²) in [7, 11) is 0. The van der Waals surface area contributed by atoms with Crippen LogP contribution in [0.1, 0.15) is 19.4 Å². The zero-order valence-corrected chi connectivity index (χ0v) is 10.8. The van der Waals surface area contributed by atoms with E-state index < -0.39 is 11.9 Å². The van der Waals surface area contributed by atoms with E-state index in [-0.39, 0.29) is 5.90 Å². The average molecular weight is 249 g/mol. The number of carbonyl (C=O) groups is 1. The van der Waals surface area contributed by atoms with Crippen LogP contribution >= 0.6 is 0 Å². The number of rotatable bonds is 6. The van der Waals surface area contributed by atoms with Gasteiger partial charge in [0.05, 0.1) is 13.2 Å². The van der Waals surface area contributed by atoms with Gasteiger partial charge in [-0.2, -0.15) is 0 Å². The molecule has 0 amide bonds. The van der Waals surface area contributed by atoms with E-state index in [1.807, 2.05) is 30.3 Å². The Bertz CT molecular complexity index is 371. The fourth-order valence-electron chi connectivity index (χ4n) is 1.63. The van der Waals surface area contributed by atoms with E-state index in [1.165, 1.54) is 0 Å². The molecule has 0 aliphatic carbocycles. The lowest BCUT2D eigenvalue weighted by atomic mass is 9.99. The van der Waals surface area contributed by atoms with Crippen molar-refractivity contribution in [2.75, 3.05) is 13.2 Å². The Balaban J connectivity index is 2.77. The van der Waals surface area contributed by atoms with Crippen LogP contribution in [0, 0.1) is 11.3 Å². The second kappa shape index (κ2) is 7.48. The Morgan fingerprint density at radius 3 is 2.33 bits per heavy atom. The molecule has 1 N–H and O–H groups in total. The van der Waals surface area contributed by atoms with Crippen molar-refractivity contribution in [2.24, 2.45) is 5.92 Å². The van der Waals surface area contributed by atoms with Gasteiger partial charge in [0.2, 0.25) is 0 Å². The Morgan fingerprint density at radius 1 is 1.17 bits per heavy atom. The fourth-order valence-corrected chi connectivity index (χ4v) is 1.63. The average Bonchev–Trinajstić information content (AvgIpc) is 2.37. The van der Waals surface area contributed by atoms with E-state index in [4.69, 9.17) is 14.9 Å². The molecule has 0 aromatic heterocycles. The van der Waals surface area contributed by atoms with Crippen LogP contribution in [-0.2, 0) is 20.7 Å². The molecule has 18 heavy (non-hydrogen) atoms. The van der Waals surface area contributed by atoms with Crippen molar-refractivity contribution in [3.63, 3.8) is 0 Å². The minimum absolute atomic E-state index is 0.0280. The van der Waals surface area contributed by atoms with Crippen LogP contribution in [-0.4, -0.2) is 25.1 Å². The first-order chi connectivity index (χ1) is 8.69. The van der Waals surface area contributed by atoms with E-state index in [0.29, 0.717) is 19.6 Å². The van der Waals surface area contributed by atoms with Crippen molar-refractivity contribution in [3.8, 4) is 0 Å². The Labute approximate surface area is 107 Å². The van der Waals surface area contributed by atoms with Gasteiger partial charge in [0.25, 0.3) is 0 Å². The largest absolute Gasteiger partial charge is 0.481 e. The van der Waals surface area contributed by atoms with Gasteiger partial charge >= 0.3 is 5.97 Å². The standard InChI is InChI=1S/C14H19NO3/c1-3-17-13(15)12(14(16)18-4-2)10-11-8-6-5-7-9-11/h5-9,12,15H,3-4,10H2,1-2H3. The lowest BCUT2D eigenvalue weighted by molar-refractivity contribution is -0.146. The highest BCUT2D eigenvalue weighted by Gasteiger charge is 2.26. The van der Waals surface area contributed by atoms with Gasteiger partial charge in [0.15, 0.2) is 5.90 Å². The Kier molecular flexibility index (Phi) is 5.91. The van der Waals surface area contributed by atoms with Gasteiger partial charge in [0.1, 0.15) is 5.92 Å². The van der Waals surface area contributed by atoms with E-state index in [2.05, 4.69) is 0 Å². The van der Waals surface area contributed by atoms with E-state index in [0.717, 1.165) is 5.56 Å². The summed E-state index contributed by atoms with van der Waals surface area (Å²) in [6, 6.07) is 9.57. The van der Waals surface area contributed by atoms with Gasteiger partial charge in [-0.1, -0.05) is 30.3 Å². The van der Waals surface area contributed by atoms with Crippen LogP contribution in [0.5, 0.6) is 0 Å². The molecule has 0 saturated heterocycles. The lowest BCUT2D eigenvalue weighted by Gasteiger charge is -2.16. The molecule has 0 radical (unpaired) electrons. The highest BCUT2D eigenvalue weighted by atomic mass is 16.5. The molecule has 1 aromatic rings. The lowest BCUT2D eigenvalue weighted by Crippen LogP contribution is -2.29. The van der Waals surface area contributed by atoms with Crippen LogP contribution in [0.4, 0.5) is 0 Å². The first-order valence-corrected chi connectivity index (χ1v) is 6.10. The highest BCUT2D eigenvalue weighted by Crippen LogP contribution is 2.13. The topological polar surface area (TPSA) is 59.4 Å². The SMILES string of the molecule is CCOC(=N)C(Cc1ccccc1)C(=O)OCC. The number of hydrogen-bond donors (Lipinski definition) is 1. The molecule has 0 spiro atoms. The summed E-state index contributed by atoms with van der Waals surface area (Å²) in [6.45, 7) is 4.23. The minimum Gasteiger partial charge on any atom is -0.481 e. The number of hydrogen-bond acceptors (Lipinski definition) is 4. The maximum Gasteiger partial charge on any atom is 0.318 e. The van der Waals surface area contributed by atoms with Crippen molar-refractivity contribution < 1.29 is 14.3 Å². The number of ether oxygens (including phenoxy) is 2. The number of benzene rings is 1. The third kappa shape index (κ3) is 4.20. The Hall–Kier alpha value is -1.84. The molecular formula is C14H19NO3. The molecular weight excluding hydrogens is 230 g/mol. The Morgan fingerprint density at radius 2 is 1.78 bits per heavy atom. The zero-order chi connectivity index (χ0) is 13.4. The maximum absolute atomic E-state index is 11.8. The number of carbonyl (C=O) groups excluding carboxylic acids is 1. The van der Waals surface area contributed by atoms with Crippen molar-refractivity contribution in [1.82, 2.24) is 0 Å². The zero-order valence-electron chi connectivity index (χ0n) is 10.8. The maximum atomic E-state index is 11.8. The van der Waals surface area contributed by atoms with Crippen LogP contribution in [0.2, 0.25) is 0 Å². The van der Waals surface area contributed by atoms with Gasteiger partial charge in [-0.15, -0.1) is 0 Å². The summed E-state index contributed by atoms with van der Waals surface area (Å²) in [5.74, 6) is -1.09. The molecule has 1 aromatic carbocycles. The summed E-state index contributed by atoms with van der Waals surface area (Å²) in [5, 5.41) is 7.78. The van der Waals surface area contributed by atoms with Crippen molar-refractivity contribution in [3.05, 3.63) is 35.9 Å². The fraction of sp³-hybridized carbons (Fsp3) is 0.429. The van der Waals surface area contributed by atoms with Gasteiger partial charge in [0, 0.05) is 0 Å². The molecule has 1 rings (SSSR count). The third-order valence-corrected chi connectivity index (χ3v) is 2.47. The van der Waals surface area contributed by atoms with Gasteiger partial charge in [-0.3, -0.25) is 10.2 Å². The predicted octanol–water partition coefficient (Wildman–Crippen LogP) is 2.42. The second-order valence-electron chi connectivity index (χ2n) is 3.79. The summed E-state index contributed by atoms with van der Waals surface area (Å²) in [6.07, 6.45) is 0.429. The third-order valence-electron chi connectivity index (χ3n) is 2.47. The first-order valence-electron chi connectivity index (χ1n) is 6.10. The van der Waals surface area contributed by atoms with Crippen LogP contribution in [0.25, 0.3) is 0 Å². The van der Waals surface area contributed by atoms with E-state index >= 15 is 0 Å². The summed E-state index contributed by atoms with van der Waals surface area (Å²) in [4.78, 5) is 11.8. The van der Waals surface area contributed by atoms with Gasteiger partial charge in [-0.05, 0) is 25.8 Å². The van der Waals surface area contributed by atoms with Crippen molar-refractivity contribution in [1.29, 1.82) is 5.41 Å². The molecule has 98 valence electrons. The van der Waals surface area contributed by atoms with Crippen molar-refractivity contribution >= 4 is 11.9 Å². The smallest absolute Gasteiger partial charge is 0.318 e. The molecule has 1 unspecified atom stereocenters. The summed E-state index contributed by atoms with van der Waals surface area (Å²) in [5.41, 5.74) is 0.986. The number of nitrogens with one attached hydrogen (secondary N) is 1. The second-order valence-corrected chi connectivity index (χ2v) is 3.79. The van der Waals surface area contributed by atoms with Gasteiger partial charge in [-0.25, -0.2) is 0 Å². The first kappa shape index (κ1) is 14.2. The normalized spacial score (nSPS) is 11.7. The summed E-state index contributed by atoms with van der Waals surface area (Å²) < 4.78 is 10.1. The molecule has 4 heteroatoms. The molecule has 0 bridgehead atoms. The number of esters is 1. The molecule has 0 aliphatic rings. The molecule has 0 heterocycles. The molecule has 0 aliphatic heterocycles. The molecule has 0 fully saturated rings. The van der Waals surface area contributed by atoms with Crippen LogP contribution in [0.15, 0.2) is 30.3 Å². The quantitative estimate of drug-likeness (QED) is 0.478. The molecule has 0 saturated carbocycles. The minimum atomic E-state index is -0.660. The van der Waals surface area contributed by atoms with Gasteiger partial charge < -0.3 is 9.47 Å². The van der Waals surface area contributed by atoms with Crippen molar-refractivity contribution in [2.45, 2.75) is 20.3 Å². The van der Waals surface area contributed by atoms with Crippen LogP contribution in [0.3, 0.4) is 0 Å². The summed E-state index contributed by atoms with van der Waals surface area (Å²) >= 11 is 0. The van der Waals surface area contributed by atoms with E-state index in [1.54, 1.807) is 13.8 Å². The van der Waals surface area contributed by atoms with Crippen LogP contribution < -0.4 is 0 Å². The predicted molar refractivity (Wildman–Crippen MR) is 69.6 cm³/mol. The monoisotopic (exact) mass is 249 g/mol. The molecule has 4 nitrogen and oxygen atoms in total.